The van der Waals surface area contributed by atoms with E-state index in [-0.39, 0.29) is 0 Å². The van der Waals surface area contributed by atoms with Crippen molar-refractivity contribution < 1.29 is 0 Å². The van der Waals surface area contributed by atoms with Crippen molar-refractivity contribution in [2.75, 3.05) is 11.9 Å². The summed E-state index contributed by atoms with van der Waals surface area (Å²) in [4.78, 5) is 9.62. The van der Waals surface area contributed by atoms with Crippen LogP contribution in [0.4, 0.5) is 5.82 Å². The third-order valence-electron chi connectivity index (χ3n) is 3.64. The zero-order valence-corrected chi connectivity index (χ0v) is 13.4. The summed E-state index contributed by atoms with van der Waals surface area (Å²) in [6.07, 6.45) is 0. The topological polar surface area (TPSA) is 37.8 Å². The van der Waals surface area contributed by atoms with Crippen molar-refractivity contribution in [2.45, 2.75) is 18.4 Å². The zero-order valence-electron chi connectivity index (χ0n) is 11.7. The van der Waals surface area contributed by atoms with E-state index in [0.29, 0.717) is 0 Å². The van der Waals surface area contributed by atoms with E-state index in [1.54, 1.807) is 11.3 Å². The standard InChI is InChI=1S/C16H15N3S2/c1-2-17-15-12-7-20-9-13(12)18-16(19-15)11-8-21-14-6-4-3-5-10(11)14/h3-6,8H,2,7,9H2,1H3,(H,17,18,19). The van der Waals surface area contributed by atoms with Gasteiger partial charge in [-0.1, -0.05) is 18.2 Å². The average Bonchev–Trinajstić information content (AvgIpc) is 3.13. The predicted octanol–water partition coefficient (Wildman–Crippen LogP) is 4.54. The molecule has 0 radical (unpaired) electrons. The zero-order chi connectivity index (χ0) is 14.2. The Morgan fingerprint density at radius 1 is 1.19 bits per heavy atom. The molecule has 3 nitrogen and oxygen atoms in total. The van der Waals surface area contributed by atoms with E-state index in [1.165, 1.54) is 21.3 Å². The average molecular weight is 313 g/mol. The summed E-state index contributed by atoms with van der Waals surface area (Å²) in [7, 11) is 0. The van der Waals surface area contributed by atoms with Crippen LogP contribution in [-0.2, 0) is 11.5 Å². The van der Waals surface area contributed by atoms with E-state index < -0.39 is 0 Å². The third-order valence-corrected chi connectivity index (χ3v) is 5.58. The van der Waals surface area contributed by atoms with E-state index in [1.807, 2.05) is 11.8 Å². The minimum absolute atomic E-state index is 0.852. The summed E-state index contributed by atoms with van der Waals surface area (Å²) >= 11 is 3.67. The van der Waals surface area contributed by atoms with Gasteiger partial charge in [0.05, 0.1) is 5.69 Å². The molecule has 0 bridgehead atoms. The minimum Gasteiger partial charge on any atom is -0.370 e. The Balaban J connectivity index is 1.90. The second-order valence-corrected chi connectivity index (χ2v) is 6.89. The third kappa shape index (κ3) is 2.21. The maximum atomic E-state index is 4.82. The van der Waals surface area contributed by atoms with Gasteiger partial charge < -0.3 is 5.32 Å². The van der Waals surface area contributed by atoms with Gasteiger partial charge in [-0.3, -0.25) is 0 Å². The molecule has 2 aromatic heterocycles. The van der Waals surface area contributed by atoms with E-state index in [9.17, 15) is 0 Å². The normalized spacial score (nSPS) is 13.6. The second kappa shape index (κ2) is 5.31. The van der Waals surface area contributed by atoms with E-state index >= 15 is 0 Å². The Morgan fingerprint density at radius 3 is 3.00 bits per heavy atom. The number of hydrogen-bond donors (Lipinski definition) is 1. The van der Waals surface area contributed by atoms with Gasteiger partial charge in [-0.25, -0.2) is 9.97 Å². The minimum atomic E-state index is 0.852. The lowest BCUT2D eigenvalue weighted by molar-refractivity contribution is 1.05. The Morgan fingerprint density at radius 2 is 2.10 bits per heavy atom. The number of anilines is 1. The number of aromatic nitrogens is 2. The largest absolute Gasteiger partial charge is 0.370 e. The van der Waals surface area contributed by atoms with Crippen LogP contribution in [0, 0.1) is 0 Å². The molecule has 5 heteroatoms. The molecule has 106 valence electrons. The molecular weight excluding hydrogens is 298 g/mol. The molecule has 0 unspecified atom stereocenters. The number of hydrogen-bond acceptors (Lipinski definition) is 5. The maximum absolute atomic E-state index is 4.82. The van der Waals surface area contributed by atoms with Gasteiger partial charge in [-0.2, -0.15) is 11.8 Å². The van der Waals surface area contributed by atoms with Crippen molar-refractivity contribution in [3.8, 4) is 11.4 Å². The molecule has 0 saturated heterocycles. The number of thioether (sulfide) groups is 1. The molecule has 3 heterocycles. The van der Waals surface area contributed by atoms with Crippen molar-refractivity contribution in [1.82, 2.24) is 9.97 Å². The highest BCUT2D eigenvalue weighted by Gasteiger charge is 2.21. The molecule has 1 aromatic carbocycles. The van der Waals surface area contributed by atoms with Crippen LogP contribution in [0.1, 0.15) is 18.2 Å². The summed E-state index contributed by atoms with van der Waals surface area (Å²) < 4.78 is 1.29. The van der Waals surface area contributed by atoms with Gasteiger partial charge in [0.25, 0.3) is 0 Å². The van der Waals surface area contributed by atoms with Crippen LogP contribution in [0.3, 0.4) is 0 Å². The van der Waals surface area contributed by atoms with Gasteiger partial charge in [-0.05, 0) is 13.0 Å². The van der Waals surface area contributed by atoms with Crippen LogP contribution in [-0.4, -0.2) is 16.5 Å². The molecule has 1 aliphatic rings. The fourth-order valence-corrected chi connectivity index (χ4v) is 4.62. The molecule has 0 spiro atoms. The molecule has 1 aliphatic heterocycles. The number of nitrogens with one attached hydrogen (secondary N) is 1. The molecule has 0 fully saturated rings. The Kier molecular flexibility index (Phi) is 3.31. The van der Waals surface area contributed by atoms with Crippen molar-refractivity contribution in [3.05, 3.63) is 40.9 Å². The molecule has 4 rings (SSSR count). The molecule has 3 aromatic rings. The van der Waals surface area contributed by atoms with Gasteiger partial charge in [0.2, 0.25) is 0 Å². The first-order valence-electron chi connectivity index (χ1n) is 7.05. The van der Waals surface area contributed by atoms with Crippen molar-refractivity contribution >= 4 is 39.0 Å². The summed E-state index contributed by atoms with van der Waals surface area (Å²) in [6, 6.07) is 8.46. The Hall–Kier alpha value is -1.59. The number of nitrogens with zero attached hydrogens (tertiary/aromatic N) is 2. The SMILES string of the molecule is CCNc1nc(-c2csc3ccccc23)nc2c1CSC2. The number of benzene rings is 1. The van der Waals surface area contributed by atoms with E-state index in [2.05, 4.69) is 41.9 Å². The monoisotopic (exact) mass is 313 g/mol. The number of rotatable bonds is 3. The number of thiophene rings is 1. The highest BCUT2D eigenvalue weighted by molar-refractivity contribution is 7.98. The van der Waals surface area contributed by atoms with Gasteiger partial charge in [0, 0.05) is 44.6 Å². The lowest BCUT2D eigenvalue weighted by Gasteiger charge is -2.10. The molecule has 21 heavy (non-hydrogen) atoms. The Bertz CT molecular complexity index is 810. The molecule has 1 N–H and O–H groups in total. The first kappa shape index (κ1) is 13.1. The van der Waals surface area contributed by atoms with Crippen LogP contribution in [0.25, 0.3) is 21.5 Å². The summed E-state index contributed by atoms with van der Waals surface area (Å²) in [5.74, 6) is 3.87. The maximum Gasteiger partial charge on any atom is 0.163 e. The van der Waals surface area contributed by atoms with Crippen molar-refractivity contribution in [1.29, 1.82) is 0 Å². The van der Waals surface area contributed by atoms with Crippen LogP contribution >= 0.6 is 23.1 Å². The summed E-state index contributed by atoms with van der Waals surface area (Å²) in [5.41, 5.74) is 3.62. The molecule has 0 atom stereocenters. The fraction of sp³-hybridized carbons (Fsp3) is 0.250. The van der Waals surface area contributed by atoms with Gasteiger partial charge in [-0.15, -0.1) is 11.3 Å². The summed E-state index contributed by atoms with van der Waals surface area (Å²) in [6.45, 7) is 2.99. The molecule has 0 aliphatic carbocycles. The molecule has 0 amide bonds. The first-order chi connectivity index (χ1) is 10.4. The van der Waals surface area contributed by atoms with Crippen LogP contribution in [0.2, 0.25) is 0 Å². The predicted molar refractivity (Wildman–Crippen MR) is 92.0 cm³/mol. The lowest BCUT2D eigenvalue weighted by Crippen LogP contribution is -2.06. The van der Waals surface area contributed by atoms with Gasteiger partial charge in [0.1, 0.15) is 5.82 Å². The van der Waals surface area contributed by atoms with Gasteiger partial charge >= 0.3 is 0 Å². The van der Waals surface area contributed by atoms with E-state index in [4.69, 9.17) is 9.97 Å². The fourth-order valence-electron chi connectivity index (χ4n) is 2.64. The molecular formula is C16H15N3S2. The lowest BCUT2D eigenvalue weighted by atomic mass is 10.1. The second-order valence-electron chi connectivity index (χ2n) is 4.99. The first-order valence-corrected chi connectivity index (χ1v) is 9.08. The highest BCUT2D eigenvalue weighted by atomic mass is 32.2. The van der Waals surface area contributed by atoms with Gasteiger partial charge in [0.15, 0.2) is 5.82 Å². The quantitative estimate of drug-likeness (QED) is 0.770. The number of fused-ring (bicyclic) bond motifs is 2. The van der Waals surface area contributed by atoms with Crippen LogP contribution in [0.5, 0.6) is 0 Å². The van der Waals surface area contributed by atoms with Crippen LogP contribution < -0.4 is 5.32 Å². The molecule has 0 saturated carbocycles. The Labute approximate surface area is 131 Å². The van der Waals surface area contributed by atoms with Crippen molar-refractivity contribution in [2.24, 2.45) is 0 Å². The highest BCUT2D eigenvalue weighted by Crippen LogP contribution is 2.37. The van der Waals surface area contributed by atoms with Crippen LogP contribution in [0.15, 0.2) is 29.6 Å². The van der Waals surface area contributed by atoms with E-state index in [0.717, 1.165) is 35.3 Å². The summed E-state index contributed by atoms with van der Waals surface area (Å²) in [5, 5.41) is 6.81. The van der Waals surface area contributed by atoms with Crippen molar-refractivity contribution in [3.63, 3.8) is 0 Å². The smallest absolute Gasteiger partial charge is 0.163 e.